The molecular weight excluding hydrogens is 282 g/mol. The highest BCUT2D eigenvalue weighted by molar-refractivity contribution is 7.99. The number of methoxy groups -OCH3 is 1. The summed E-state index contributed by atoms with van der Waals surface area (Å²) < 4.78 is 4.97. The molecule has 1 N–H and O–H groups in total. The number of rotatable bonds is 9. The van der Waals surface area contributed by atoms with E-state index in [2.05, 4.69) is 30.9 Å². The topological polar surface area (TPSA) is 38.3 Å². The standard InChI is InChI=1S/C17H33NO2S/c1-5-11-18-17(3,16(19)20-4)10-7-12-21-15-9-6-8-14(2)13-15/h14-15,18H,5-13H2,1-4H3. The lowest BCUT2D eigenvalue weighted by Crippen LogP contribution is -2.50. The maximum atomic E-state index is 12.0. The fraction of sp³-hybridized carbons (Fsp3) is 0.941. The molecular formula is C17H33NO2S. The Kier molecular flexibility index (Phi) is 8.72. The fourth-order valence-corrected chi connectivity index (χ4v) is 4.54. The molecule has 3 unspecified atom stereocenters. The van der Waals surface area contributed by atoms with Crippen LogP contribution in [0.2, 0.25) is 0 Å². The van der Waals surface area contributed by atoms with Crippen LogP contribution in [-0.2, 0) is 9.53 Å². The van der Waals surface area contributed by atoms with Crippen LogP contribution in [0.5, 0.6) is 0 Å². The third kappa shape index (κ3) is 6.60. The van der Waals surface area contributed by atoms with Crippen molar-refractivity contribution in [3.05, 3.63) is 0 Å². The van der Waals surface area contributed by atoms with E-state index in [9.17, 15) is 4.79 Å². The zero-order chi connectivity index (χ0) is 15.7. The van der Waals surface area contributed by atoms with Crippen molar-refractivity contribution in [1.82, 2.24) is 5.32 Å². The van der Waals surface area contributed by atoms with Crippen LogP contribution in [0, 0.1) is 5.92 Å². The van der Waals surface area contributed by atoms with Gasteiger partial charge in [0, 0.05) is 5.25 Å². The van der Waals surface area contributed by atoms with Crippen molar-refractivity contribution < 1.29 is 9.53 Å². The Morgan fingerprint density at radius 1 is 1.43 bits per heavy atom. The normalized spacial score (nSPS) is 25.3. The molecule has 0 aliphatic heterocycles. The van der Waals surface area contributed by atoms with Crippen LogP contribution in [0.4, 0.5) is 0 Å². The highest BCUT2D eigenvalue weighted by atomic mass is 32.2. The first-order valence-corrected chi connectivity index (χ1v) is 9.51. The monoisotopic (exact) mass is 315 g/mol. The Bertz CT molecular complexity index is 311. The molecule has 0 radical (unpaired) electrons. The summed E-state index contributed by atoms with van der Waals surface area (Å²) in [5.41, 5.74) is -0.523. The Morgan fingerprint density at radius 2 is 2.19 bits per heavy atom. The third-order valence-electron chi connectivity index (χ3n) is 4.46. The molecule has 0 spiro atoms. The lowest BCUT2D eigenvalue weighted by molar-refractivity contribution is -0.148. The van der Waals surface area contributed by atoms with Gasteiger partial charge in [0.05, 0.1) is 7.11 Å². The molecule has 0 heterocycles. The van der Waals surface area contributed by atoms with Crippen molar-refractivity contribution in [2.45, 2.75) is 76.5 Å². The summed E-state index contributed by atoms with van der Waals surface area (Å²) >= 11 is 2.11. The molecule has 0 aromatic heterocycles. The predicted octanol–water partition coefficient (Wildman–Crippen LogP) is 4.01. The van der Waals surface area contributed by atoms with Gasteiger partial charge in [-0.3, -0.25) is 4.79 Å². The largest absolute Gasteiger partial charge is 0.468 e. The quantitative estimate of drug-likeness (QED) is 0.515. The molecule has 1 rings (SSSR count). The molecule has 1 aliphatic carbocycles. The van der Waals surface area contributed by atoms with E-state index in [1.54, 1.807) is 0 Å². The van der Waals surface area contributed by atoms with Gasteiger partial charge in [0.1, 0.15) is 5.54 Å². The van der Waals surface area contributed by atoms with Crippen molar-refractivity contribution >= 4 is 17.7 Å². The number of esters is 1. The Morgan fingerprint density at radius 3 is 2.81 bits per heavy atom. The minimum Gasteiger partial charge on any atom is -0.468 e. The van der Waals surface area contributed by atoms with Crippen molar-refractivity contribution in [3.8, 4) is 0 Å². The Balaban J connectivity index is 2.30. The summed E-state index contributed by atoms with van der Waals surface area (Å²) in [4.78, 5) is 12.0. The molecule has 0 amide bonds. The van der Waals surface area contributed by atoms with Crippen LogP contribution in [0.15, 0.2) is 0 Å². The number of hydrogen-bond acceptors (Lipinski definition) is 4. The van der Waals surface area contributed by atoms with E-state index in [1.807, 2.05) is 6.92 Å². The van der Waals surface area contributed by atoms with Gasteiger partial charge in [-0.15, -0.1) is 0 Å². The minimum atomic E-state index is -0.523. The van der Waals surface area contributed by atoms with Gasteiger partial charge in [-0.2, -0.15) is 11.8 Å². The van der Waals surface area contributed by atoms with E-state index in [0.29, 0.717) is 0 Å². The molecule has 0 bridgehead atoms. The first kappa shape index (κ1) is 18.8. The second-order valence-corrected chi connectivity index (χ2v) is 8.03. The zero-order valence-corrected chi connectivity index (χ0v) is 15.1. The van der Waals surface area contributed by atoms with Gasteiger partial charge in [0.2, 0.25) is 0 Å². The lowest BCUT2D eigenvalue weighted by Gasteiger charge is -2.29. The van der Waals surface area contributed by atoms with Crippen LogP contribution in [0.3, 0.4) is 0 Å². The molecule has 0 saturated heterocycles. The summed E-state index contributed by atoms with van der Waals surface area (Å²) in [5.74, 6) is 1.91. The maximum absolute atomic E-state index is 12.0. The SMILES string of the molecule is CCCNC(C)(CCCSC1CCCC(C)C1)C(=O)OC. The average Bonchev–Trinajstić information content (AvgIpc) is 2.49. The summed E-state index contributed by atoms with van der Waals surface area (Å²) in [6.45, 7) is 7.32. The predicted molar refractivity (Wildman–Crippen MR) is 91.8 cm³/mol. The van der Waals surface area contributed by atoms with Gasteiger partial charge in [0.25, 0.3) is 0 Å². The van der Waals surface area contributed by atoms with E-state index in [0.717, 1.165) is 42.7 Å². The van der Waals surface area contributed by atoms with Gasteiger partial charge in [0.15, 0.2) is 0 Å². The summed E-state index contributed by atoms with van der Waals surface area (Å²) in [7, 11) is 1.48. The van der Waals surface area contributed by atoms with Crippen LogP contribution in [0.25, 0.3) is 0 Å². The smallest absolute Gasteiger partial charge is 0.325 e. The van der Waals surface area contributed by atoms with Crippen LogP contribution in [-0.4, -0.2) is 36.2 Å². The van der Waals surface area contributed by atoms with Gasteiger partial charge in [-0.05, 0) is 57.2 Å². The zero-order valence-electron chi connectivity index (χ0n) is 14.2. The van der Waals surface area contributed by atoms with Gasteiger partial charge < -0.3 is 10.1 Å². The lowest BCUT2D eigenvalue weighted by atomic mass is 9.91. The Labute approximate surface area is 135 Å². The molecule has 4 heteroatoms. The fourth-order valence-electron chi connectivity index (χ4n) is 3.09. The molecule has 3 nitrogen and oxygen atoms in total. The molecule has 124 valence electrons. The van der Waals surface area contributed by atoms with E-state index < -0.39 is 5.54 Å². The molecule has 1 saturated carbocycles. The van der Waals surface area contributed by atoms with Crippen LogP contribution in [0.1, 0.15) is 65.7 Å². The van der Waals surface area contributed by atoms with E-state index in [1.165, 1.54) is 32.8 Å². The van der Waals surface area contributed by atoms with Gasteiger partial charge >= 0.3 is 5.97 Å². The van der Waals surface area contributed by atoms with Crippen molar-refractivity contribution in [1.29, 1.82) is 0 Å². The van der Waals surface area contributed by atoms with Gasteiger partial charge in [-0.25, -0.2) is 0 Å². The highest BCUT2D eigenvalue weighted by Gasteiger charge is 2.33. The number of nitrogens with one attached hydrogen (secondary N) is 1. The summed E-state index contributed by atoms with van der Waals surface area (Å²) in [5, 5.41) is 4.19. The molecule has 0 aromatic rings. The van der Waals surface area contributed by atoms with Crippen molar-refractivity contribution in [2.75, 3.05) is 19.4 Å². The number of hydrogen-bond donors (Lipinski definition) is 1. The van der Waals surface area contributed by atoms with Gasteiger partial charge in [-0.1, -0.05) is 26.7 Å². The van der Waals surface area contributed by atoms with Crippen LogP contribution < -0.4 is 5.32 Å². The highest BCUT2D eigenvalue weighted by Crippen LogP contribution is 2.32. The minimum absolute atomic E-state index is 0.132. The average molecular weight is 316 g/mol. The molecule has 0 aromatic carbocycles. The maximum Gasteiger partial charge on any atom is 0.325 e. The number of carbonyl (C=O) groups is 1. The molecule has 1 aliphatic rings. The number of carbonyl (C=O) groups excluding carboxylic acids is 1. The van der Waals surface area contributed by atoms with E-state index >= 15 is 0 Å². The first-order valence-electron chi connectivity index (χ1n) is 8.47. The second-order valence-electron chi connectivity index (χ2n) is 6.62. The third-order valence-corrected chi connectivity index (χ3v) is 5.89. The van der Waals surface area contributed by atoms with E-state index in [-0.39, 0.29) is 5.97 Å². The molecule has 1 fully saturated rings. The molecule has 21 heavy (non-hydrogen) atoms. The Hall–Kier alpha value is -0.220. The van der Waals surface area contributed by atoms with E-state index in [4.69, 9.17) is 4.74 Å². The number of thioether (sulfide) groups is 1. The van der Waals surface area contributed by atoms with Crippen LogP contribution >= 0.6 is 11.8 Å². The van der Waals surface area contributed by atoms with Crippen molar-refractivity contribution in [3.63, 3.8) is 0 Å². The molecule has 3 atom stereocenters. The second kappa shape index (κ2) is 9.73. The summed E-state index contributed by atoms with van der Waals surface area (Å²) in [6.07, 6.45) is 8.48. The number of ether oxygens (including phenoxy) is 1. The first-order chi connectivity index (χ1) is 10.0. The van der Waals surface area contributed by atoms with Crippen molar-refractivity contribution in [2.24, 2.45) is 5.92 Å². The summed E-state index contributed by atoms with van der Waals surface area (Å²) in [6, 6.07) is 0.